The van der Waals surface area contributed by atoms with E-state index in [4.69, 9.17) is 0 Å². The normalized spacial score (nSPS) is 20.2. The van der Waals surface area contributed by atoms with Gasteiger partial charge in [-0.15, -0.1) is 6.58 Å². The summed E-state index contributed by atoms with van der Waals surface area (Å²) in [4.78, 5) is 2.20. The Morgan fingerprint density at radius 1 is 1.39 bits per heavy atom. The summed E-state index contributed by atoms with van der Waals surface area (Å²) in [6.45, 7) is 6.14. The van der Waals surface area contributed by atoms with Gasteiger partial charge < -0.3 is 4.18 Å². The Kier molecular flexibility index (Phi) is 5.36. The van der Waals surface area contributed by atoms with E-state index in [-0.39, 0.29) is 11.7 Å². The van der Waals surface area contributed by atoms with Gasteiger partial charge in [0.2, 0.25) is 0 Å². The maximum absolute atomic E-state index is 12.4. The van der Waals surface area contributed by atoms with Crippen LogP contribution in [0.2, 0.25) is 0 Å². The summed E-state index contributed by atoms with van der Waals surface area (Å²) in [5.74, 6) is -0.193. The number of rotatable bonds is 5. The van der Waals surface area contributed by atoms with E-state index in [1.54, 1.807) is 12.1 Å². The van der Waals surface area contributed by atoms with Gasteiger partial charge in [-0.3, -0.25) is 4.90 Å². The minimum Gasteiger partial charge on any atom is -0.376 e. The van der Waals surface area contributed by atoms with Crippen LogP contribution in [-0.2, 0) is 10.1 Å². The van der Waals surface area contributed by atoms with Crippen molar-refractivity contribution in [3.63, 3.8) is 0 Å². The number of nitrogens with zero attached hydrogens (tertiary/aromatic N) is 1. The molecule has 1 atom stereocenters. The lowest BCUT2D eigenvalue weighted by atomic mass is 9.90. The van der Waals surface area contributed by atoms with Gasteiger partial charge in [0.25, 0.3) is 0 Å². The van der Waals surface area contributed by atoms with Crippen LogP contribution in [0.5, 0.6) is 5.75 Å². The van der Waals surface area contributed by atoms with E-state index in [9.17, 15) is 21.6 Å². The lowest BCUT2D eigenvalue weighted by Crippen LogP contribution is -2.34. The van der Waals surface area contributed by atoms with E-state index in [0.717, 1.165) is 38.0 Å². The van der Waals surface area contributed by atoms with Crippen molar-refractivity contribution >= 4 is 10.1 Å². The first-order valence-corrected chi connectivity index (χ1v) is 8.58. The molecule has 8 heteroatoms. The predicted molar refractivity (Wildman–Crippen MR) is 80.7 cm³/mol. The van der Waals surface area contributed by atoms with Crippen LogP contribution in [0.1, 0.15) is 24.3 Å². The Bertz CT molecular complexity index is 658. The maximum Gasteiger partial charge on any atom is 0.534 e. The zero-order valence-electron chi connectivity index (χ0n) is 12.4. The van der Waals surface area contributed by atoms with Gasteiger partial charge in [0, 0.05) is 13.1 Å². The molecule has 23 heavy (non-hydrogen) atoms. The molecule has 0 bridgehead atoms. The van der Waals surface area contributed by atoms with E-state index >= 15 is 0 Å². The molecule has 1 heterocycles. The summed E-state index contributed by atoms with van der Waals surface area (Å²) in [5, 5.41) is 0. The molecule has 1 fully saturated rings. The SMILES string of the molecule is C=CCN1CCC[C@@H](c2cccc(OS(=O)(=O)C(F)(F)F)c2)C1. The van der Waals surface area contributed by atoms with E-state index in [0.29, 0.717) is 0 Å². The zero-order chi connectivity index (χ0) is 17.1. The molecule has 4 nitrogen and oxygen atoms in total. The standard InChI is InChI=1S/C15H18F3NO3S/c1-2-8-19-9-4-6-13(11-19)12-5-3-7-14(10-12)22-23(20,21)15(16,17)18/h2-3,5,7,10,13H,1,4,6,8-9,11H2/t13-/m1/s1. The molecule has 1 saturated heterocycles. The molecule has 128 valence electrons. The van der Waals surface area contributed by atoms with Crippen molar-refractivity contribution in [2.45, 2.75) is 24.3 Å². The molecule has 0 aliphatic carbocycles. The average Bonchev–Trinajstić information content (AvgIpc) is 2.46. The summed E-state index contributed by atoms with van der Waals surface area (Å²) in [7, 11) is -5.64. The van der Waals surface area contributed by atoms with Gasteiger partial charge in [0.05, 0.1) is 0 Å². The Hall–Kier alpha value is -1.54. The third kappa shape index (κ3) is 4.48. The van der Waals surface area contributed by atoms with E-state index in [1.165, 1.54) is 18.2 Å². The summed E-state index contributed by atoms with van der Waals surface area (Å²) in [5.41, 5.74) is -4.66. The molecule has 0 spiro atoms. The van der Waals surface area contributed by atoms with Crippen LogP contribution >= 0.6 is 0 Å². The zero-order valence-corrected chi connectivity index (χ0v) is 13.2. The smallest absolute Gasteiger partial charge is 0.376 e. The first kappa shape index (κ1) is 17.8. The minimum atomic E-state index is -5.64. The highest BCUT2D eigenvalue weighted by atomic mass is 32.2. The van der Waals surface area contributed by atoms with Crippen molar-refractivity contribution < 1.29 is 25.8 Å². The van der Waals surface area contributed by atoms with Crippen LogP contribution in [0.15, 0.2) is 36.9 Å². The molecule has 1 aliphatic rings. The van der Waals surface area contributed by atoms with Crippen LogP contribution in [0.3, 0.4) is 0 Å². The second kappa shape index (κ2) is 6.92. The molecular formula is C15H18F3NO3S. The number of benzene rings is 1. The van der Waals surface area contributed by atoms with Gasteiger partial charge in [-0.1, -0.05) is 18.2 Å². The molecule has 0 unspecified atom stereocenters. The number of hydrogen-bond donors (Lipinski definition) is 0. The number of hydrogen-bond acceptors (Lipinski definition) is 4. The molecule has 0 N–H and O–H groups in total. The molecule has 1 aromatic carbocycles. The van der Waals surface area contributed by atoms with Gasteiger partial charge in [-0.2, -0.15) is 21.6 Å². The van der Waals surface area contributed by atoms with Crippen molar-refractivity contribution in [3.05, 3.63) is 42.5 Å². The van der Waals surface area contributed by atoms with E-state index in [1.807, 2.05) is 0 Å². The third-order valence-electron chi connectivity index (χ3n) is 3.71. The van der Waals surface area contributed by atoms with Crippen LogP contribution in [0.4, 0.5) is 13.2 Å². The quantitative estimate of drug-likeness (QED) is 0.465. The predicted octanol–water partition coefficient (Wildman–Crippen LogP) is 3.28. The lowest BCUT2D eigenvalue weighted by Gasteiger charge is -2.32. The highest BCUT2D eigenvalue weighted by molar-refractivity contribution is 7.88. The van der Waals surface area contributed by atoms with Crippen molar-refractivity contribution in [2.75, 3.05) is 19.6 Å². The van der Waals surface area contributed by atoms with Crippen molar-refractivity contribution in [1.82, 2.24) is 4.90 Å². The highest BCUT2D eigenvalue weighted by Crippen LogP contribution is 2.31. The van der Waals surface area contributed by atoms with Gasteiger partial charge in [0.15, 0.2) is 0 Å². The molecule has 0 saturated carbocycles. The summed E-state index contributed by atoms with van der Waals surface area (Å²) >= 11 is 0. The topological polar surface area (TPSA) is 46.6 Å². The molecule has 2 rings (SSSR count). The number of halogens is 3. The van der Waals surface area contributed by atoms with Gasteiger partial charge in [-0.05, 0) is 43.0 Å². The van der Waals surface area contributed by atoms with Crippen LogP contribution in [0, 0.1) is 0 Å². The highest BCUT2D eigenvalue weighted by Gasteiger charge is 2.48. The fraction of sp³-hybridized carbons (Fsp3) is 0.467. The van der Waals surface area contributed by atoms with Crippen molar-refractivity contribution in [3.8, 4) is 5.75 Å². The van der Waals surface area contributed by atoms with Crippen LogP contribution < -0.4 is 4.18 Å². The monoisotopic (exact) mass is 349 g/mol. The van der Waals surface area contributed by atoms with E-state index in [2.05, 4.69) is 15.7 Å². The molecule has 0 aromatic heterocycles. The summed E-state index contributed by atoms with van der Waals surface area (Å²) in [6.07, 6.45) is 3.66. The minimum absolute atomic E-state index is 0.126. The van der Waals surface area contributed by atoms with Gasteiger partial charge in [-0.25, -0.2) is 0 Å². The van der Waals surface area contributed by atoms with Crippen molar-refractivity contribution in [2.24, 2.45) is 0 Å². The number of piperidine rings is 1. The summed E-state index contributed by atoms with van der Waals surface area (Å²) < 4.78 is 63.5. The molecule has 0 amide bonds. The van der Waals surface area contributed by atoms with Gasteiger partial charge in [0.1, 0.15) is 5.75 Å². The van der Waals surface area contributed by atoms with Crippen LogP contribution in [0.25, 0.3) is 0 Å². The fourth-order valence-corrected chi connectivity index (χ4v) is 3.12. The lowest BCUT2D eigenvalue weighted by molar-refractivity contribution is -0.0500. The average molecular weight is 349 g/mol. The Labute approximate surface area is 133 Å². The van der Waals surface area contributed by atoms with Gasteiger partial charge >= 0.3 is 15.6 Å². The maximum atomic E-state index is 12.4. The first-order valence-electron chi connectivity index (χ1n) is 7.17. The Morgan fingerprint density at radius 3 is 2.78 bits per heavy atom. The number of likely N-dealkylation sites (tertiary alicyclic amines) is 1. The largest absolute Gasteiger partial charge is 0.534 e. The molecule has 1 aliphatic heterocycles. The van der Waals surface area contributed by atoms with E-state index < -0.39 is 15.6 Å². The fourth-order valence-electron chi connectivity index (χ4n) is 2.67. The first-order chi connectivity index (χ1) is 10.7. The molecular weight excluding hydrogens is 331 g/mol. The second-order valence-corrected chi connectivity index (χ2v) is 6.98. The molecule has 1 aromatic rings. The second-order valence-electron chi connectivity index (χ2n) is 5.44. The van der Waals surface area contributed by atoms with Crippen molar-refractivity contribution in [1.29, 1.82) is 0 Å². The summed E-state index contributed by atoms with van der Waals surface area (Å²) in [6, 6.07) is 5.85. The Balaban J connectivity index is 2.15. The number of alkyl halides is 3. The Morgan fingerprint density at radius 2 is 2.13 bits per heavy atom. The third-order valence-corrected chi connectivity index (χ3v) is 4.69. The molecule has 0 radical (unpaired) electrons. The van der Waals surface area contributed by atoms with Crippen LogP contribution in [-0.4, -0.2) is 38.5 Å².